The molecular weight excluding hydrogens is 513 g/mol. The van der Waals surface area contributed by atoms with Gasteiger partial charge in [0.1, 0.15) is 18.0 Å². The number of aromatic nitrogens is 4. The number of alkyl halides is 5. The molecule has 3 aromatic rings. The Balaban J connectivity index is 1.39. The van der Waals surface area contributed by atoms with Gasteiger partial charge in [-0.05, 0) is 64.9 Å². The molecule has 1 unspecified atom stereocenters. The van der Waals surface area contributed by atoms with Crippen molar-refractivity contribution in [3.8, 4) is 0 Å². The molecular formula is C23H19F7N4OS. The second-order valence-electron chi connectivity index (χ2n) is 9.59. The number of hydrogen-bond acceptors (Lipinski definition) is 5. The van der Waals surface area contributed by atoms with Crippen molar-refractivity contribution in [3.63, 3.8) is 0 Å². The van der Waals surface area contributed by atoms with Crippen LogP contribution < -0.4 is 0 Å². The van der Waals surface area contributed by atoms with Gasteiger partial charge in [0.2, 0.25) is 0 Å². The topological polar surface area (TPSA) is 63.8 Å². The molecule has 0 spiro atoms. The number of thioether (sulfide) groups is 1. The second kappa shape index (κ2) is 8.17. The van der Waals surface area contributed by atoms with Gasteiger partial charge in [-0.2, -0.15) is 13.2 Å². The summed E-state index contributed by atoms with van der Waals surface area (Å²) in [5.74, 6) is -7.19. The average molecular weight is 532 g/mol. The SMILES string of the molecule is OC(Cn1cnnn1)(c1ccc(F)cc1F)C(F)(F)C12CC(c3ccc(SCC(F)(F)F)cc3)(C1)C2. The first-order chi connectivity index (χ1) is 16.8. The van der Waals surface area contributed by atoms with Crippen molar-refractivity contribution in [2.75, 3.05) is 5.75 Å². The molecule has 0 aliphatic heterocycles. The molecule has 6 rings (SSSR count). The van der Waals surface area contributed by atoms with E-state index in [1.54, 1.807) is 12.1 Å². The van der Waals surface area contributed by atoms with Gasteiger partial charge in [-0.3, -0.25) is 0 Å². The highest BCUT2D eigenvalue weighted by Crippen LogP contribution is 2.80. The molecule has 1 N–H and O–H groups in total. The number of halogens is 7. The van der Waals surface area contributed by atoms with Crippen molar-refractivity contribution in [1.82, 2.24) is 20.2 Å². The quantitative estimate of drug-likeness (QED) is 0.317. The van der Waals surface area contributed by atoms with E-state index in [0.717, 1.165) is 23.1 Å². The van der Waals surface area contributed by atoms with Gasteiger partial charge in [-0.25, -0.2) is 22.2 Å². The number of tetrazole rings is 1. The van der Waals surface area contributed by atoms with Gasteiger partial charge < -0.3 is 5.11 Å². The standard InChI is InChI=1S/C23H19F7N4OS/c24-15-3-6-17(18(25)7-15)21(35,11-34-13-31-32-33-34)23(29,30)20-8-19(9-20,10-20)14-1-4-16(5-2-14)36-12-22(26,27)28/h1-7,13,35H,8-12H2. The summed E-state index contributed by atoms with van der Waals surface area (Å²) in [7, 11) is 0. The smallest absolute Gasteiger partial charge is 0.377 e. The van der Waals surface area contributed by atoms with E-state index in [4.69, 9.17) is 0 Å². The Morgan fingerprint density at radius 2 is 1.64 bits per heavy atom. The predicted molar refractivity (Wildman–Crippen MR) is 114 cm³/mol. The van der Waals surface area contributed by atoms with Crippen LogP contribution in [-0.2, 0) is 17.6 Å². The minimum atomic E-state index is -4.31. The fourth-order valence-electron chi connectivity index (χ4n) is 5.60. The first-order valence-corrected chi connectivity index (χ1v) is 11.8. The van der Waals surface area contributed by atoms with Crippen LogP contribution in [0.4, 0.5) is 30.7 Å². The van der Waals surface area contributed by atoms with Gasteiger partial charge >= 0.3 is 6.18 Å². The van der Waals surface area contributed by atoms with Crippen molar-refractivity contribution >= 4 is 11.8 Å². The third kappa shape index (κ3) is 3.87. The van der Waals surface area contributed by atoms with E-state index in [1.807, 2.05) is 0 Å². The Kier molecular flexibility index (Phi) is 5.67. The van der Waals surface area contributed by atoms with Gasteiger partial charge in [0.05, 0.1) is 12.3 Å². The Morgan fingerprint density at radius 3 is 2.19 bits per heavy atom. The Bertz CT molecular complexity index is 1250. The predicted octanol–water partition coefficient (Wildman–Crippen LogP) is 5.25. The van der Waals surface area contributed by atoms with Crippen LogP contribution in [0.3, 0.4) is 0 Å². The Hall–Kier alpha value is -2.67. The fraction of sp³-hybridized carbons (Fsp3) is 0.435. The molecule has 1 heterocycles. The molecule has 0 radical (unpaired) electrons. The summed E-state index contributed by atoms with van der Waals surface area (Å²) < 4.78 is 98.7. The Labute approximate surface area is 204 Å². The monoisotopic (exact) mass is 532 g/mol. The number of hydrogen-bond donors (Lipinski definition) is 1. The molecule has 3 aliphatic rings. The summed E-state index contributed by atoms with van der Waals surface area (Å²) in [4.78, 5) is 0.408. The van der Waals surface area contributed by atoms with Gasteiger partial charge in [0, 0.05) is 21.9 Å². The zero-order valence-electron chi connectivity index (χ0n) is 18.4. The van der Waals surface area contributed by atoms with Crippen LogP contribution in [0.1, 0.15) is 30.4 Å². The second-order valence-corrected chi connectivity index (χ2v) is 10.6. The van der Waals surface area contributed by atoms with E-state index in [9.17, 15) is 27.1 Å². The van der Waals surface area contributed by atoms with Gasteiger partial charge in [0.25, 0.3) is 5.92 Å². The van der Waals surface area contributed by atoms with E-state index in [1.165, 1.54) is 12.1 Å². The van der Waals surface area contributed by atoms with Crippen molar-refractivity contribution < 1.29 is 35.8 Å². The number of aliphatic hydroxyl groups is 1. The lowest BCUT2D eigenvalue weighted by Gasteiger charge is -2.74. The number of nitrogens with zero attached hydrogens (tertiary/aromatic N) is 4. The van der Waals surface area contributed by atoms with Crippen molar-refractivity contribution in [3.05, 3.63) is 71.6 Å². The fourth-order valence-corrected chi connectivity index (χ4v) is 6.26. The maximum atomic E-state index is 16.2. The lowest BCUT2D eigenvalue weighted by molar-refractivity contribution is -0.347. The Morgan fingerprint density at radius 1 is 0.972 bits per heavy atom. The van der Waals surface area contributed by atoms with E-state index in [-0.39, 0.29) is 19.3 Å². The van der Waals surface area contributed by atoms with E-state index in [0.29, 0.717) is 28.3 Å². The van der Waals surface area contributed by atoms with Crippen LogP contribution in [0.15, 0.2) is 53.7 Å². The summed E-state index contributed by atoms with van der Waals surface area (Å²) >= 11 is 0.635. The van der Waals surface area contributed by atoms with Crippen LogP contribution in [0.5, 0.6) is 0 Å². The van der Waals surface area contributed by atoms with Crippen LogP contribution in [0, 0.1) is 17.0 Å². The molecule has 192 valence electrons. The van der Waals surface area contributed by atoms with Crippen LogP contribution in [0.25, 0.3) is 0 Å². The van der Waals surface area contributed by atoms with Gasteiger partial charge in [-0.15, -0.1) is 16.9 Å². The molecule has 3 saturated carbocycles. The normalized spacial score (nSPS) is 25.1. The van der Waals surface area contributed by atoms with Crippen LogP contribution in [-0.4, -0.2) is 43.2 Å². The zero-order valence-corrected chi connectivity index (χ0v) is 19.3. The number of rotatable bonds is 8. The molecule has 3 aliphatic carbocycles. The average Bonchev–Trinajstić information content (AvgIpc) is 3.23. The first kappa shape index (κ1) is 25.0. The molecule has 2 bridgehead atoms. The van der Waals surface area contributed by atoms with Crippen LogP contribution in [0.2, 0.25) is 0 Å². The molecule has 5 nitrogen and oxygen atoms in total. The highest BCUT2D eigenvalue weighted by molar-refractivity contribution is 7.99. The minimum Gasteiger partial charge on any atom is -0.377 e. The van der Waals surface area contributed by atoms with E-state index in [2.05, 4.69) is 15.5 Å². The largest absolute Gasteiger partial charge is 0.398 e. The van der Waals surface area contributed by atoms with Crippen molar-refractivity contribution in [2.45, 2.75) is 53.8 Å². The van der Waals surface area contributed by atoms with E-state index < -0.39 is 58.0 Å². The maximum Gasteiger partial charge on any atom is 0.398 e. The molecule has 1 atom stereocenters. The third-order valence-electron chi connectivity index (χ3n) is 7.24. The molecule has 3 fully saturated rings. The summed E-state index contributed by atoms with van der Waals surface area (Å²) in [5, 5.41) is 21.6. The molecule has 2 aromatic carbocycles. The third-order valence-corrected chi connectivity index (χ3v) is 8.32. The van der Waals surface area contributed by atoms with Crippen molar-refractivity contribution in [2.24, 2.45) is 5.41 Å². The molecule has 1 aromatic heterocycles. The first-order valence-electron chi connectivity index (χ1n) is 10.9. The number of benzene rings is 2. The van der Waals surface area contributed by atoms with Crippen molar-refractivity contribution in [1.29, 1.82) is 0 Å². The zero-order chi connectivity index (χ0) is 26.0. The molecule has 0 amide bonds. The highest BCUT2D eigenvalue weighted by atomic mass is 32.2. The lowest BCUT2D eigenvalue weighted by Crippen LogP contribution is -2.76. The lowest BCUT2D eigenvalue weighted by atomic mass is 9.30. The minimum absolute atomic E-state index is 0.0111. The summed E-state index contributed by atoms with van der Waals surface area (Å²) in [6.07, 6.45) is -3.34. The van der Waals surface area contributed by atoms with Gasteiger partial charge in [-0.1, -0.05) is 12.1 Å². The summed E-state index contributed by atoms with van der Waals surface area (Å²) in [6.45, 7) is -0.866. The summed E-state index contributed by atoms with van der Waals surface area (Å²) in [5.41, 5.74) is -5.39. The van der Waals surface area contributed by atoms with E-state index >= 15 is 8.78 Å². The maximum absolute atomic E-state index is 16.2. The molecule has 0 saturated heterocycles. The molecule has 36 heavy (non-hydrogen) atoms. The van der Waals surface area contributed by atoms with Crippen LogP contribution >= 0.6 is 11.8 Å². The highest BCUT2D eigenvalue weighted by Gasteiger charge is 2.82. The van der Waals surface area contributed by atoms with Gasteiger partial charge in [0.15, 0.2) is 5.60 Å². The summed E-state index contributed by atoms with van der Waals surface area (Å²) in [6, 6.07) is 8.33. The molecule has 13 heteroatoms.